The molecule has 0 saturated carbocycles. The molecule has 0 fully saturated rings. The molecule has 0 unspecified atom stereocenters. The highest BCUT2D eigenvalue weighted by Crippen LogP contribution is 2.38. The molecular formula is C23H27NO. The summed E-state index contributed by atoms with van der Waals surface area (Å²) in [7, 11) is 2.15. The van der Waals surface area contributed by atoms with Crippen LogP contribution in [-0.4, -0.2) is 23.6 Å². The quantitative estimate of drug-likeness (QED) is 0.633. The van der Waals surface area contributed by atoms with Crippen molar-refractivity contribution in [2.24, 2.45) is 5.92 Å². The predicted molar refractivity (Wildman–Crippen MR) is 106 cm³/mol. The highest BCUT2D eigenvalue weighted by Gasteiger charge is 2.24. The van der Waals surface area contributed by atoms with Crippen molar-refractivity contribution >= 4 is 10.8 Å². The second-order valence-corrected chi connectivity index (χ2v) is 7.20. The average molecular weight is 333 g/mol. The van der Waals surface area contributed by atoms with E-state index < -0.39 is 0 Å². The number of rotatable bonds is 6. The van der Waals surface area contributed by atoms with Crippen molar-refractivity contribution in [3.63, 3.8) is 0 Å². The summed E-state index contributed by atoms with van der Waals surface area (Å²) in [5.74, 6) is 1.02. The zero-order chi connectivity index (χ0) is 17.8. The Hall–Kier alpha value is -2.32. The first-order chi connectivity index (χ1) is 12.1. The van der Waals surface area contributed by atoms with E-state index in [0.717, 1.165) is 29.3 Å². The average Bonchev–Trinajstić information content (AvgIpc) is 2.63. The van der Waals surface area contributed by atoms with Gasteiger partial charge in [-0.15, -0.1) is 0 Å². The Balaban J connectivity index is 2.13. The van der Waals surface area contributed by atoms with Gasteiger partial charge in [0.2, 0.25) is 0 Å². The molecule has 0 aliphatic rings. The van der Waals surface area contributed by atoms with Gasteiger partial charge in [-0.2, -0.15) is 0 Å². The van der Waals surface area contributed by atoms with Crippen LogP contribution in [0, 0.1) is 5.92 Å². The fraction of sp³-hybridized carbons (Fsp3) is 0.304. The molecular weight excluding hydrogens is 306 g/mol. The summed E-state index contributed by atoms with van der Waals surface area (Å²) in [4.78, 5) is 2.36. The van der Waals surface area contributed by atoms with E-state index in [0.29, 0.717) is 11.7 Å². The molecule has 2 heteroatoms. The molecule has 1 atom stereocenters. The first-order valence-corrected chi connectivity index (χ1v) is 9.03. The molecule has 0 heterocycles. The molecule has 2 nitrogen and oxygen atoms in total. The number of phenols is 1. The van der Waals surface area contributed by atoms with Crippen LogP contribution in [0.15, 0.2) is 66.7 Å². The van der Waals surface area contributed by atoms with Crippen LogP contribution in [-0.2, 0) is 0 Å². The van der Waals surface area contributed by atoms with Gasteiger partial charge < -0.3 is 5.11 Å². The minimum absolute atomic E-state index is 0.0334. The smallest absolute Gasteiger partial charge is 0.121 e. The van der Waals surface area contributed by atoms with Gasteiger partial charge in [-0.05, 0) is 48.3 Å². The second kappa shape index (κ2) is 7.71. The summed E-state index contributed by atoms with van der Waals surface area (Å²) in [6, 6.07) is 22.6. The normalized spacial score (nSPS) is 12.8. The van der Waals surface area contributed by atoms with E-state index >= 15 is 0 Å². The molecule has 0 aliphatic heterocycles. The van der Waals surface area contributed by atoms with Crippen molar-refractivity contribution in [3.8, 4) is 5.75 Å². The van der Waals surface area contributed by atoms with E-state index in [2.05, 4.69) is 62.2 Å². The standard InChI is InChI=1S/C23H27NO/c1-17(2)15-16-24(3)23(19-10-5-4-6-11-19)22-20-12-8-7-9-18(20)13-14-21(22)25/h4-14,17,23,25H,15-16H2,1-3H3/t23-/m0/s1. The number of benzene rings is 3. The third kappa shape index (κ3) is 3.85. The Labute approximate surface area is 150 Å². The highest BCUT2D eigenvalue weighted by atomic mass is 16.3. The van der Waals surface area contributed by atoms with Crippen molar-refractivity contribution in [2.45, 2.75) is 26.3 Å². The summed E-state index contributed by atoms with van der Waals surface area (Å²) < 4.78 is 0. The summed E-state index contributed by atoms with van der Waals surface area (Å²) in [6.07, 6.45) is 1.13. The Morgan fingerprint density at radius 3 is 2.28 bits per heavy atom. The van der Waals surface area contributed by atoms with Crippen molar-refractivity contribution < 1.29 is 5.11 Å². The molecule has 25 heavy (non-hydrogen) atoms. The molecule has 3 aromatic carbocycles. The Morgan fingerprint density at radius 1 is 0.880 bits per heavy atom. The molecule has 0 spiro atoms. The number of aromatic hydroxyl groups is 1. The lowest BCUT2D eigenvalue weighted by molar-refractivity contribution is 0.258. The minimum atomic E-state index is 0.0334. The number of hydrogen-bond donors (Lipinski definition) is 1. The molecule has 0 radical (unpaired) electrons. The number of fused-ring (bicyclic) bond motifs is 1. The molecule has 1 N–H and O–H groups in total. The van der Waals surface area contributed by atoms with Crippen molar-refractivity contribution in [1.29, 1.82) is 0 Å². The summed E-state index contributed by atoms with van der Waals surface area (Å²) in [6.45, 7) is 5.49. The Morgan fingerprint density at radius 2 is 1.56 bits per heavy atom. The van der Waals surface area contributed by atoms with Crippen LogP contribution < -0.4 is 0 Å². The van der Waals surface area contributed by atoms with E-state index in [9.17, 15) is 5.11 Å². The van der Waals surface area contributed by atoms with Crippen LogP contribution in [0.25, 0.3) is 10.8 Å². The predicted octanol–water partition coefficient (Wildman–Crippen LogP) is 5.61. The number of hydrogen-bond acceptors (Lipinski definition) is 2. The molecule has 0 aliphatic carbocycles. The zero-order valence-electron chi connectivity index (χ0n) is 15.3. The van der Waals surface area contributed by atoms with Crippen LogP contribution in [0.1, 0.15) is 37.4 Å². The first-order valence-electron chi connectivity index (χ1n) is 9.03. The minimum Gasteiger partial charge on any atom is -0.508 e. The maximum Gasteiger partial charge on any atom is 0.121 e. The summed E-state index contributed by atoms with van der Waals surface area (Å²) in [5, 5.41) is 13.0. The molecule has 0 amide bonds. The van der Waals surface area contributed by atoms with Gasteiger partial charge in [0.05, 0.1) is 6.04 Å². The maximum absolute atomic E-state index is 10.7. The van der Waals surface area contributed by atoms with Crippen molar-refractivity contribution in [2.75, 3.05) is 13.6 Å². The second-order valence-electron chi connectivity index (χ2n) is 7.20. The lowest BCUT2D eigenvalue weighted by Crippen LogP contribution is -2.27. The van der Waals surface area contributed by atoms with E-state index in [1.165, 1.54) is 5.56 Å². The van der Waals surface area contributed by atoms with E-state index in [1.54, 1.807) is 0 Å². The van der Waals surface area contributed by atoms with E-state index in [4.69, 9.17) is 0 Å². The molecule has 3 rings (SSSR count). The lowest BCUT2D eigenvalue weighted by Gasteiger charge is -2.31. The first kappa shape index (κ1) is 17.5. The van der Waals surface area contributed by atoms with Gasteiger partial charge in [0.1, 0.15) is 5.75 Å². The summed E-state index contributed by atoms with van der Waals surface area (Å²) in [5.41, 5.74) is 2.20. The summed E-state index contributed by atoms with van der Waals surface area (Å²) >= 11 is 0. The van der Waals surface area contributed by atoms with Crippen LogP contribution in [0.4, 0.5) is 0 Å². The molecule has 3 aromatic rings. The number of nitrogens with zero attached hydrogens (tertiary/aromatic N) is 1. The number of phenolic OH excluding ortho intramolecular Hbond substituents is 1. The van der Waals surface area contributed by atoms with Crippen LogP contribution >= 0.6 is 0 Å². The third-order valence-electron chi connectivity index (χ3n) is 4.84. The topological polar surface area (TPSA) is 23.5 Å². The van der Waals surface area contributed by atoms with Crippen molar-refractivity contribution in [1.82, 2.24) is 4.90 Å². The van der Waals surface area contributed by atoms with Crippen LogP contribution in [0.2, 0.25) is 0 Å². The zero-order valence-corrected chi connectivity index (χ0v) is 15.3. The maximum atomic E-state index is 10.7. The van der Waals surface area contributed by atoms with E-state index in [1.807, 2.05) is 30.3 Å². The van der Waals surface area contributed by atoms with Gasteiger partial charge in [-0.25, -0.2) is 0 Å². The third-order valence-corrected chi connectivity index (χ3v) is 4.84. The highest BCUT2D eigenvalue weighted by molar-refractivity contribution is 5.88. The van der Waals surface area contributed by atoms with Gasteiger partial charge in [-0.3, -0.25) is 4.90 Å². The van der Waals surface area contributed by atoms with Crippen LogP contribution in [0.3, 0.4) is 0 Å². The fourth-order valence-electron chi connectivity index (χ4n) is 3.44. The molecule has 0 bridgehead atoms. The van der Waals surface area contributed by atoms with Gasteiger partial charge in [0.15, 0.2) is 0 Å². The Kier molecular flexibility index (Phi) is 5.40. The lowest BCUT2D eigenvalue weighted by atomic mass is 9.91. The SMILES string of the molecule is CC(C)CCN(C)[C@@H](c1ccccc1)c1c(O)ccc2ccccc12. The van der Waals surface area contributed by atoms with Crippen LogP contribution in [0.5, 0.6) is 5.75 Å². The van der Waals surface area contributed by atoms with Gasteiger partial charge >= 0.3 is 0 Å². The van der Waals surface area contributed by atoms with Crippen molar-refractivity contribution in [3.05, 3.63) is 77.9 Å². The van der Waals surface area contributed by atoms with Gasteiger partial charge in [0, 0.05) is 5.56 Å². The molecule has 0 saturated heterocycles. The monoisotopic (exact) mass is 333 g/mol. The van der Waals surface area contributed by atoms with Gasteiger partial charge in [-0.1, -0.05) is 74.5 Å². The fourth-order valence-corrected chi connectivity index (χ4v) is 3.44. The van der Waals surface area contributed by atoms with Gasteiger partial charge in [0.25, 0.3) is 0 Å². The van der Waals surface area contributed by atoms with E-state index in [-0.39, 0.29) is 6.04 Å². The molecule has 0 aromatic heterocycles. The largest absolute Gasteiger partial charge is 0.508 e. The molecule has 130 valence electrons. The Bertz CT molecular complexity index is 826.